The zero-order chi connectivity index (χ0) is 14.7. The Balaban J connectivity index is 3.54. The molecule has 0 radical (unpaired) electrons. The predicted molar refractivity (Wildman–Crippen MR) is 71.0 cm³/mol. The van der Waals surface area contributed by atoms with Crippen LogP contribution in [0.2, 0.25) is 0 Å². The van der Waals surface area contributed by atoms with Gasteiger partial charge in [0.15, 0.2) is 0 Å². The number of ether oxygens (including phenoxy) is 1. The van der Waals surface area contributed by atoms with Crippen LogP contribution < -0.4 is 0 Å². The molecule has 0 aromatic carbocycles. The maximum atomic E-state index is 11.3. The molecule has 0 amide bonds. The third-order valence-corrected chi connectivity index (χ3v) is 3.07. The van der Waals surface area contributed by atoms with Gasteiger partial charge < -0.3 is 4.74 Å². The summed E-state index contributed by atoms with van der Waals surface area (Å²) in [7, 11) is -4.51. The summed E-state index contributed by atoms with van der Waals surface area (Å²) in [5.41, 5.74) is 0. The van der Waals surface area contributed by atoms with E-state index in [-0.39, 0.29) is 6.42 Å². The highest BCUT2D eigenvalue weighted by Gasteiger charge is 2.16. The van der Waals surface area contributed by atoms with Gasteiger partial charge in [-0.25, -0.2) is 4.18 Å². The molecule has 0 aromatic heterocycles. The van der Waals surface area contributed by atoms with E-state index in [1.807, 2.05) is 0 Å². The van der Waals surface area contributed by atoms with E-state index < -0.39 is 22.5 Å². The van der Waals surface area contributed by atoms with Crippen molar-refractivity contribution in [2.24, 2.45) is 0 Å². The van der Waals surface area contributed by atoms with E-state index >= 15 is 0 Å². The Kier molecular flexibility index (Phi) is 9.81. The van der Waals surface area contributed by atoms with Crippen molar-refractivity contribution in [3.05, 3.63) is 0 Å². The maximum Gasteiger partial charge on any atom is 0.397 e. The summed E-state index contributed by atoms with van der Waals surface area (Å²) in [6, 6.07) is 0. The highest BCUT2D eigenvalue weighted by Crippen LogP contribution is 2.06. The number of carbonyl (C=O) groups is 1. The Bertz CT molecular complexity index is 338. The normalized spacial score (nSPS) is 13.2. The number of esters is 1. The van der Waals surface area contributed by atoms with Gasteiger partial charge in [0.1, 0.15) is 0 Å². The molecule has 0 bridgehead atoms. The van der Waals surface area contributed by atoms with Crippen molar-refractivity contribution >= 4 is 16.4 Å². The summed E-state index contributed by atoms with van der Waals surface area (Å²) in [5, 5.41) is 0. The van der Waals surface area contributed by atoms with Crippen LogP contribution in [0.4, 0.5) is 0 Å². The van der Waals surface area contributed by atoms with E-state index in [1.165, 1.54) is 26.2 Å². The number of hydrogen-bond acceptors (Lipinski definition) is 5. The zero-order valence-corrected chi connectivity index (χ0v) is 12.4. The molecule has 114 valence electrons. The molecule has 0 aromatic rings. The molecule has 0 spiro atoms. The van der Waals surface area contributed by atoms with Crippen molar-refractivity contribution in [1.82, 2.24) is 0 Å². The summed E-state index contributed by atoms with van der Waals surface area (Å²) in [6.45, 7) is 3.86. The van der Waals surface area contributed by atoms with E-state index in [9.17, 15) is 13.2 Å². The van der Waals surface area contributed by atoms with Gasteiger partial charge in [0.2, 0.25) is 0 Å². The lowest BCUT2D eigenvalue weighted by Gasteiger charge is -2.09. The van der Waals surface area contributed by atoms with Crippen molar-refractivity contribution in [3.8, 4) is 0 Å². The van der Waals surface area contributed by atoms with Crippen molar-refractivity contribution < 1.29 is 26.7 Å². The van der Waals surface area contributed by atoms with Crippen LogP contribution in [-0.2, 0) is 24.1 Å². The largest absolute Gasteiger partial charge is 0.466 e. The van der Waals surface area contributed by atoms with E-state index in [2.05, 4.69) is 11.1 Å². The average molecular weight is 296 g/mol. The summed E-state index contributed by atoms with van der Waals surface area (Å²) < 4.78 is 38.3. The van der Waals surface area contributed by atoms with Crippen molar-refractivity contribution in [3.63, 3.8) is 0 Å². The quantitative estimate of drug-likeness (QED) is 0.358. The van der Waals surface area contributed by atoms with Gasteiger partial charge >= 0.3 is 16.4 Å². The molecule has 0 saturated heterocycles. The molecule has 0 rings (SSSR count). The molecule has 19 heavy (non-hydrogen) atoms. The van der Waals surface area contributed by atoms with Crippen LogP contribution in [0.15, 0.2) is 0 Å². The molecule has 6 nitrogen and oxygen atoms in total. The average Bonchev–Trinajstić information content (AvgIpc) is 2.25. The van der Waals surface area contributed by atoms with Crippen molar-refractivity contribution in [1.29, 1.82) is 0 Å². The van der Waals surface area contributed by atoms with Crippen LogP contribution in [0.5, 0.6) is 0 Å². The Morgan fingerprint density at radius 1 is 1.16 bits per heavy atom. The minimum absolute atomic E-state index is 0.199. The minimum atomic E-state index is -4.51. The fourth-order valence-corrected chi connectivity index (χ4v) is 2.09. The number of carbonyl (C=O) groups excluding carboxylic acids is 1. The second-order valence-corrected chi connectivity index (χ2v) is 5.57. The first-order valence-electron chi connectivity index (χ1n) is 6.66. The lowest BCUT2D eigenvalue weighted by atomic mass is 10.1. The minimum Gasteiger partial charge on any atom is -0.466 e. The smallest absolute Gasteiger partial charge is 0.397 e. The fraction of sp³-hybridized carbons (Fsp3) is 0.917. The SMILES string of the molecule is CCCCCCCCOC(=O)CC(C)OS(=O)(=O)O. The van der Waals surface area contributed by atoms with Crippen LogP contribution in [-0.4, -0.2) is 31.7 Å². The van der Waals surface area contributed by atoms with E-state index in [1.54, 1.807) is 0 Å². The highest BCUT2D eigenvalue weighted by molar-refractivity contribution is 7.80. The van der Waals surface area contributed by atoms with E-state index in [0.717, 1.165) is 19.3 Å². The summed E-state index contributed by atoms with van der Waals surface area (Å²) in [6.07, 6.45) is 5.46. The first-order chi connectivity index (χ1) is 8.85. The van der Waals surface area contributed by atoms with Gasteiger partial charge in [-0.1, -0.05) is 39.0 Å². The molecular formula is C12H24O6S. The predicted octanol–water partition coefficient (Wildman–Crippen LogP) is 2.49. The van der Waals surface area contributed by atoms with Gasteiger partial charge in [0.25, 0.3) is 0 Å². The van der Waals surface area contributed by atoms with E-state index in [0.29, 0.717) is 6.61 Å². The van der Waals surface area contributed by atoms with Crippen LogP contribution in [0.3, 0.4) is 0 Å². The monoisotopic (exact) mass is 296 g/mol. The molecule has 0 aliphatic heterocycles. The molecule has 1 unspecified atom stereocenters. The molecule has 0 aliphatic carbocycles. The van der Waals surface area contributed by atoms with Crippen molar-refractivity contribution in [2.75, 3.05) is 6.61 Å². The summed E-state index contributed by atoms with van der Waals surface area (Å²) in [5.74, 6) is -0.523. The topological polar surface area (TPSA) is 89.9 Å². The van der Waals surface area contributed by atoms with Gasteiger partial charge in [-0.2, -0.15) is 8.42 Å². The molecule has 1 atom stereocenters. The van der Waals surface area contributed by atoms with Crippen LogP contribution in [0.1, 0.15) is 58.8 Å². The lowest BCUT2D eigenvalue weighted by Crippen LogP contribution is -2.20. The number of unbranched alkanes of at least 4 members (excludes halogenated alkanes) is 5. The lowest BCUT2D eigenvalue weighted by molar-refractivity contribution is -0.145. The summed E-state index contributed by atoms with van der Waals surface area (Å²) in [4.78, 5) is 11.3. The van der Waals surface area contributed by atoms with Crippen LogP contribution in [0, 0.1) is 0 Å². The van der Waals surface area contributed by atoms with Crippen LogP contribution >= 0.6 is 0 Å². The molecule has 0 aliphatic rings. The second kappa shape index (κ2) is 10.2. The first kappa shape index (κ1) is 18.3. The Morgan fingerprint density at radius 2 is 1.74 bits per heavy atom. The van der Waals surface area contributed by atoms with Gasteiger partial charge in [-0.3, -0.25) is 9.35 Å². The maximum absolute atomic E-state index is 11.3. The molecule has 1 N–H and O–H groups in total. The second-order valence-electron chi connectivity index (χ2n) is 4.53. The highest BCUT2D eigenvalue weighted by atomic mass is 32.3. The third kappa shape index (κ3) is 13.6. The molecule has 0 heterocycles. The van der Waals surface area contributed by atoms with Crippen LogP contribution in [0.25, 0.3) is 0 Å². The van der Waals surface area contributed by atoms with Gasteiger partial charge in [0.05, 0.1) is 19.1 Å². The molecule has 7 heteroatoms. The van der Waals surface area contributed by atoms with Crippen molar-refractivity contribution in [2.45, 2.75) is 64.9 Å². The Hall–Kier alpha value is -0.660. The first-order valence-corrected chi connectivity index (χ1v) is 8.03. The summed E-state index contributed by atoms with van der Waals surface area (Å²) >= 11 is 0. The standard InChI is InChI=1S/C12H24O6S/c1-3-4-5-6-7-8-9-17-12(13)10-11(2)18-19(14,15)16/h11H,3-10H2,1-2H3,(H,14,15,16). The Morgan fingerprint density at radius 3 is 2.32 bits per heavy atom. The molecule has 0 fully saturated rings. The number of hydrogen-bond donors (Lipinski definition) is 1. The molecule has 0 saturated carbocycles. The van der Waals surface area contributed by atoms with Gasteiger partial charge in [-0.15, -0.1) is 0 Å². The van der Waals surface area contributed by atoms with E-state index in [4.69, 9.17) is 9.29 Å². The molecular weight excluding hydrogens is 272 g/mol. The Labute approximate surface area is 115 Å². The third-order valence-electron chi connectivity index (χ3n) is 2.50. The zero-order valence-electron chi connectivity index (χ0n) is 11.6. The van der Waals surface area contributed by atoms with Gasteiger partial charge in [-0.05, 0) is 13.3 Å². The van der Waals surface area contributed by atoms with Gasteiger partial charge in [0, 0.05) is 0 Å². The fourth-order valence-electron chi connectivity index (χ4n) is 1.60. The number of rotatable bonds is 11.